The topological polar surface area (TPSA) is 33.1 Å². The van der Waals surface area contributed by atoms with Crippen molar-refractivity contribution >= 4 is 11.3 Å². The molecule has 0 atom stereocenters. The summed E-state index contributed by atoms with van der Waals surface area (Å²) >= 11 is 1.65. The van der Waals surface area contributed by atoms with Crippen molar-refractivity contribution in [3.05, 3.63) is 16.1 Å². The van der Waals surface area contributed by atoms with Crippen LogP contribution in [0.2, 0.25) is 0 Å². The lowest BCUT2D eigenvalue weighted by atomic mass is 9.92. The second kappa shape index (κ2) is 5.28. The minimum atomic E-state index is -0.636. The van der Waals surface area contributed by atoms with E-state index in [1.165, 1.54) is 30.6 Å². The van der Waals surface area contributed by atoms with E-state index in [0.717, 1.165) is 30.7 Å². The molecule has 0 unspecified atom stereocenters. The van der Waals surface area contributed by atoms with E-state index in [4.69, 9.17) is 0 Å². The third-order valence-corrected chi connectivity index (χ3v) is 4.56. The van der Waals surface area contributed by atoms with Gasteiger partial charge in [-0.3, -0.25) is 0 Å². The first-order valence-electron chi connectivity index (χ1n) is 6.36. The molecule has 0 aromatic carbocycles. The van der Waals surface area contributed by atoms with Crippen molar-refractivity contribution in [3.8, 4) is 0 Å². The minimum absolute atomic E-state index is 0.636. The van der Waals surface area contributed by atoms with E-state index < -0.39 is 5.60 Å². The third-order valence-electron chi connectivity index (χ3n) is 3.45. The molecule has 0 aliphatic heterocycles. The Hall–Kier alpha value is -0.410. The van der Waals surface area contributed by atoms with E-state index >= 15 is 0 Å². The summed E-state index contributed by atoms with van der Waals surface area (Å²) in [4.78, 5) is 5.58. The molecule has 1 aromatic heterocycles. The van der Waals surface area contributed by atoms with Crippen molar-refractivity contribution in [1.29, 1.82) is 0 Å². The van der Waals surface area contributed by atoms with Crippen LogP contribution in [0.3, 0.4) is 0 Å². The number of thiazole rings is 1. The molecule has 3 heteroatoms. The van der Waals surface area contributed by atoms with Gasteiger partial charge in [0.2, 0.25) is 0 Å². The van der Waals surface area contributed by atoms with Gasteiger partial charge in [-0.2, -0.15) is 0 Å². The van der Waals surface area contributed by atoms with E-state index in [2.05, 4.69) is 11.9 Å². The predicted octanol–water partition coefficient (Wildman–Crippen LogP) is 3.77. The first-order chi connectivity index (χ1) is 7.71. The molecular formula is C13H21NOS. The van der Waals surface area contributed by atoms with E-state index in [1.54, 1.807) is 11.3 Å². The highest BCUT2D eigenvalue weighted by Crippen LogP contribution is 2.36. The Morgan fingerprint density at radius 1 is 1.12 bits per heavy atom. The van der Waals surface area contributed by atoms with E-state index in [0.29, 0.717) is 0 Å². The number of aryl methyl sites for hydroxylation is 1. The second-order valence-electron chi connectivity index (χ2n) is 4.93. The van der Waals surface area contributed by atoms with Crippen LogP contribution in [0.5, 0.6) is 0 Å². The summed E-state index contributed by atoms with van der Waals surface area (Å²) in [7, 11) is 0. The number of rotatable bonds is 1. The molecule has 1 N–H and O–H groups in total. The van der Waals surface area contributed by atoms with Crippen molar-refractivity contribution in [2.45, 2.75) is 63.9 Å². The first kappa shape index (κ1) is 12.1. The average Bonchev–Trinajstić information content (AvgIpc) is 2.71. The SMILES string of the molecule is Cc1cnc(C2(O)CCCCCCCC2)s1. The molecular weight excluding hydrogens is 218 g/mol. The Morgan fingerprint density at radius 3 is 2.19 bits per heavy atom. The number of hydrogen-bond acceptors (Lipinski definition) is 3. The molecule has 1 heterocycles. The van der Waals surface area contributed by atoms with Gasteiger partial charge < -0.3 is 5.11 Å². The highest BCUT2D eigenvalue weighted by molar-refractivity contribution is 7.11. The van der Waals surface area contributed by atoms with Gasteiger partial charge in [0.05, 0.1) is 0 Å². The van der Waals surface area contributed by atoms with Crippen LogP contribution in [0, 0.1) is 6.92 Å². The summed E-state index contributed by atoms with van der Waals surface area (Å²) in [6, 6.07) is 0. The number of hydrogen-bond donors (Lipinski definition) is 1. The summed E-state index contributed by atoms with van der Waals surface area (Å²) < 4.78 is 0. The van der Waals surface area contributed by atoms with Crippen molar-refractivity contribution in [2.24, 2.45) is 0 Å². The lowest BCUT2D eigenvalue weighted by molar-refractivity contribution is 0.0149. The number of aliphatic hydroxyl groups is 1. The van der Waals surface area contributed by atoms with Gasteiger partial charge >= 0.3 is 0 Å². The fourth-order valence-corrected chi connectivity index (χ4v) is 3.36. The molecule has 0 spiro atoms. The fraction of sp³-hybridized carbons (Fsp3) is 0.769. The van der Waals surface area contributed by atoms with E-state index in [9.17, 15) is 5.11 Å². The zero-order chi connectivity index (χ0) is 11.4. The molecule has 2 rings (SSSR count). The van der Waals surface area contributed by atoms with E-state index in [1.807, 2.05) is 6.20 Å². The normalized spacial score (nSPS) is 22.1. The summed E-state index contributed by atoms with van der Waals surface area (Å²) in [5, 5.41) is 11.7. The highest BCUT2D eigenvalue weighted by atomic mass is 32.1. The molecule has 1 aliphatic carbocycles. The van der Waals surface area contributed by atoms with Gasteiger partial charge in [-0.25, -0.2) is 4.98 Å². The maximum atomic E-state index is 10.7. The average molecular weight is 239 g/mol. The summed E-state index contributed by atoms with van der Waals surface area (Å²) in [5.74, 6) is 0. The summed E-state index contributed by atoms with van der Waals surface area (Å²) in [5.41, 5.74) is -0.636. The number of nitrogens with zero attached hydrogens (tertiary/aromatic N) is 1. The van der Waals surface area contributed by atoms with Crippen molar-refractivity contribution in [1.82, 2.24) is 4.98 Å². The Balaban J connectivity index is 2.12. The molecule has 2 nitrogen and oxygen atoms in total. The van der Waals surface area contributed by atoms with Crippen LogP contribution in [0.1, 0.15) is 61.3 Å². The summed E-state index contributed by atoms with van der Waals surface area (Å²) in [6.45, 7) is 2.06. The van der Waals surface area contributed by atoms with Gasteiger partial charge in [-0.1, -0.05) is 38.5 Å². The molecule has 90 valence electrons. The first-order valence-corrected chi connectivity index (χ1v) is 7.18. The van der Waals surface area contributed by atoms with Crippen molar-refractivity contribution in [2.75, 3.05) is 0 Å². The molecule has 0 saturated heterocycles. The van der Waals surface area contributed by atoms with Gasteiger partial charge in [0.15, 0.2) is 0 Å². The van der Waals surface area contributed by atoms with Crippen LogP contribution in [0.4, 0.5) is 0 Å². The molecule has 0 amide bonds. The van der Waals surface area contributed by atoms with Crippen LogP contribution in [0.15, 0.2) is 6.20 Å². The lowest BCUT2D eigenvalue weighted by Crippen LogP contribution is -2.25. The van der Waals surface area contributed by atoms with Crippen LogP contribution in [-0.4, -0.2) is 10.1 Å². The Bertz CT molecular complexity index is 324. The molecule has 16 heavy (non-hydrogen) atoms. The van der Waals surface area contributed by atoms with Gasteiger partial charge in [0.25, 0.3) is 0 Å². The Kier molecular flexibility index (Phi) is 3.98. The molecule has 1 fully saturated rings. The van der Waals surface area contributed by atoms with Crippen molar-refractivity contribution in [3.63, 3.8) is 0 Å². The highest BCUT2D eigenvalue weighted by Gasteiger charge is 2.31. The molecule has 1 aromatic rings. The molecule has 0 bridgehead atoms. The van der Waals surface area contributed by atoms with Crippen LogP contribution in [0.25, 0.3) is 0 Å². The zero-order valence-electron chi connectivity index (χ0n) is 10.0. The zero-order valence-corrected chi connectivity index (χ0v) is 10.9. The van der Waals surface area contributed by atoms with Crippen molar-refractivity contribution < 1.29 is 5.11 Å². The summed E-state index contributed by atoms with van der Waals surface area (Å²) in [6.07, 6.45) is 11.1. The van der Waals surface area contributed by atoms with Gasteiger partial charge in [-0.05, 0) is 19.8 Å². The van der Waals surface area contributed by atoms with E-state index in [-0.39, 0.29) is 0 Å². The monoisotopic (exact) mass is 239 g/mol. The molecule has 0 radical (unpaired) electrons. The molecule has 1 aliphatic rings. The number of aromatic nitrogens is 1. The van der Waals surface area contributed by atoms with Gasteiger partial charge in [0.1, 0.15) is 10.6 Å². The van der Waals surface area contributed by atoms with Crippen LogP contribution in [-0.2, 0) is 5.60 Å². The van der Waals surface area contributed by atoms with Gasteiger partial charge in [0, 0.05) is 11.1 Å². The van der Waals surface area contributed by atoms with Crippen LogP contribution < -0.4 is 0 Å². The largest absolute Gasteiger partial charge is 0.383 e. The van der Waals surface area contributed by atoms with Crippen LogP contribution >= 0.6 is 11.3 Å². The quantitative estimate of drug-likeness (QED) is 0.809. The maximum Gasteiger partial charge on any atom is 0.125 e. The van der Waals surface area contributed by atoms with Gasteiger partial charge in [-0.15, -0.1) is 11.3 Å². The Labute approximate surface area is 102 Å². The lowest BCUT2D eigenvalue weighted by Gasteiger charge is -2.25. The second-order valence-corrected chi connectivity index (χ2v) is 6.16. The molecule has 1 saturated carbocycles. The third kappa shape index (κ3) is 2.83. The minimum Gasteiger partial charge on any atom is -0.383 e. The Morgan fingerprint density at radius 2 is 1.69 bits per heavy atom. The fourth-order valence-electron chi connectivity index (χ4n) is 2.45. The smallest absolute Gasteiger partial charge is 0.125 e. The maximum absolute atomic E-state index is 10.7. The predicted molar refractivity (Wildman–Crippen MR) is 67.7 cm³/mol. The standard InChI is InChI=1S/C13H21NOS/c1-11-10-14-12(16-11)13(15)8-6-4-2-3-5-7-9-13/h10,15H,2-9H2,1H3.